The molecule has 4 aromatic rings. The summed E-state index contributed by atoms with van der Waals surface area (Å²) in [6, 6.07) is 8.92. The summed E-state index contributed by atoms with van der Waals surface area (Å²) >= 11 is 6.02. The number of oxazole rings is 1. The van der Waals surface area contributed by atoms with Gasteiger partial charge in [-0.15, -0.1) is 0 Å². The van der Waals surface area contributed by atoms with E-state index in [1.807, 2.05) is 18.2 Å². The molecule has 2 amide bonds. The molecule has 11 heteroatoms. The summed E-state index contributed by atoms with van der Waals surface area (Å²) in [7, 11) is 0. The van der Waals surface area contributed by atoms with E-state index in [0.717, 1.165) is 22.0 Å². The Bertz CT molecular complexity index is 1420. The lowest BCUT2D eigenvalue weighted by Crippen LogP contribution is -2.24. The summed E-state index contributed by atoms with van der Waals surface area (Å²) in [5, 5.41) is 15.1. The Morgan fingerprint density at radius 3 is 2.69 bits per heavy atom. The van der Waals surface area contributed by atoms with Crippen LogP contribution in [0.3, 0.4) is 0 Å². The Balaban J connectivity index is 1.49. The third kappa shape index (κ3) is 5.55. The lowest BCUT2D eigenvalue weighted by molar-refractivity contribution is 0.0919. The van der Waals surface area contributed by atoms with E-state index in [-0.39, 0.29) is 36.1 Å². The first-order valence-corrected chi connectivity index (χ1v) is 10.9. The minimum Gasteiger partial charge on any atom is -0.465 e. The predicted molar refractivity (Wildman–Crippen MR) is 127 cm³/mol. The molecule has 0 radical (unpaired) electrons. The number of pyridine rings is 2. The van der Waals surface area contributed by atoms with Crippen LogP contribution in [0.5, 0.6) is 0 Å². The minimum atomic E-state index is -1.22. The summed E-state index contributed by atoms with van der Waals surface area (Å²) in [4.78, 5) is 36.2. The Morgan fingerprint density at radius 2 is 1.97 bits per heavy atom. The van der Waals surface area contributed by atoms with Gasteiger partial charge < -0.3 is 14.8 Å². The fourth-order valence-electron chi connectivity index (χ4n) is 3.73. The number of amides is 2. The molecule has 3 aromatic heterocycles. The topological polar surface area (TPSA) is 130 Å². The van der Waals surface area contributed by atoms with Gasteiger partial charge in [-0.3, -0.25) is 15.1 Å². The Morgan fingerprint density at radius 1 is 1.17 bits per heavy atom. The quantitative estimate of drug-likeness (QED) is 0.328. The zero-order chi connectivity index (χ0) is 25.1. The molecular formula is C24H21ClFN5O4. The standard InChI is InChI=1S/C24H21ClFN5O4/c1-12-5-20(31-24(33)34)29-13(2)17(12)11-28-23(32)22-19(9-26)30-21(35-22)7-14-3-4-18-15(6-14)8-16(25)10-27-18/h3-6,8,10H,7,9,11H2,1-2H3,(H,28,32)(H,29,31)(H,33,34). The number of halogens is 2. The molecule has 3 N–H and O–H groups in total. The second-order valence-electron chi connectivity index (χ2n) is 7.88. The molecule has 9 nitrogen and oxygen atoms in total. The van der Waals surface area contributed by atoms with Gasteiger partial charge in [0.1, 0.15) is 18.2 Å². The number of nitrogens with one attached hydrogen (secondary N) is 2. The summed E-state index contributed by atoms with van der Waals surface area (Å²) in [5.74, 6) is -0.415. The van der Waals surface area contributed by atoms with Crippen LogP contribution in [0.15, 0.2) is 40.9 Å². The highest BCUT2D eigenvalue weighted by Gasteiger charge is 2.21. The number of aromatic nitrogens is 3. The summed E-state index contributed by atoms with van der Waals surface area (Å²) in [5.41, 5.74) is 3.52. The summed E-state index contributed by atoms with van der Waals surface area (Å²) in [6.07, 6.45) is 0.598. The number of nitrogens with zero attached hydrogens (tertiary/aromatic N) is 3. The van der Waals surface area contributed by atoms with Crippen molar-refractivity contribution >= 4 is 40.3 Å². The lowest BCUT2D eigenvalue weighted by Gasteiger charge is -2.12. The smallest absolute Gasteiger partial charge is 0.410 e. The van der Waals surface area contributed by atoms with Crippen LogP contribution in [-0.4, -0.2) is 32.1 Å². The van der Waals surface area contributed by atoms with E-state index in [4.69, 9.17) is 21.1 Å². The number of hydrogen-bond donors (Lipinski definition) is 3. The molecule has 0 aliphatic rings. The average Bonchev–Trinajstić information content (AvgIpc) is 3.20. The molecule has 1 aromatic carbocycles. The van der Waals surface area contributed by atoms with Gasteiger partial charge in [0.05, 0.1) is 10.5 Å². The zero-order valence-corrected chi connectivity index (χ0v) is 19.6. The van der Waals surface area contributed by atoms with E-state index in [9.17, 15) is 14.0 Å². The van der Waals surface area contributed by atoms with E-state index >= 15 is 0 Å². The van der Waals surface area contributed by atoms with Crippen molar-refractivity contribution in [1.29, 1.82) is 0 Å². The second kappa shape index (κ2) is 10.1. The van der Waals surface area contributed by atoms with Gasteiger partial charge in [0.25, 0.3) is 5.91 Å². The van der Waals surface area contributed by atoms with Crippen molar-refractivity contribution in [3.63, 3.8) is 0 Å². The molecule has 0 aliphatic heterocycles. The molecule has 35 heavy (non-hydrogen) atoms. The van der Waals surface area contributed by atoms with Crippen molar-refractivity contribution in [2.75, 3.05) is 5.32 Å². The number of aryl methyl sites for hydroxylation is 2. The Hall–Kier alpha value is -4.05. The number of benzene rings is 1. The minimum absolute atomic E-state index is 0.0874. The third-order valence-electron chi connectivity index (χ3n) is 5.36. The first-order valence-electron chi connectivity index (χ1n) is 10.6. The number of hydrogen-bond acceptors (Lipinski definition) is 6. The Kier molecular flexibility index (Phi) is 6.92. The number of fused-ring (bicyclic) bond motifs is 1. The number of carboxylic acid groups (broad SMARTS) is 1. The predicted octanol–water partition coefficient (Wildman–Crippen LogP) is 4.97. The third-order valence-corrected chi connectivity index (χ3v) is 5.56. The van der Waals surface area contributed by atoms with Crippen molar-refractivity contribution in [1.82, 2.24) is 20.3 Å². The molecule has 0 fully saturated rings. The zero-order valence-electron chi connectivity index (χ0n) is 18.9. The second-order valence-corrected chi connectivity index (χ2v) is 8.31. The molecule has 0 bridgehead atoms. The molecule has 180 valence electrons. The van der Waals surface area contributed by atoms with Crippen LogP contribution in [0.25, 0.3) is 10.9 Å². The molecule has 0 saturated carbocycles. The van der Waals surface area contributed by atoms with Crippen LogP contribution in [0.2, 0.25) is 5.02 Å². The van der Waals surface area contributed by atoms with Crippen molar-refractivity contribution in [3.05, 3.63) is 81.3 Å². The van der Waals surface area contributed by atoms with E-state index < -0.39 is 18.7 Å². The van der Waals surface area contributed by atoms with Crippen LogP contribution < -0.4 is 10.6 Å². The highest BCUT2D eigenvalue weighted by atomic mass is 35.5. The fraction of sp³-hybridized carbons (Fsp3) is 0.208. The van der Waals surface area contributed by atoms with Gasteiger partial charge in [0.15, 0.2) is 5.89 Å². The first-order chi connectivity index (χ1) is 16.7. The van der Waals surface area contributed by atoms with Gasteiger partial charge in [-0.1, -0.05) is 17.7 Å². The lowest BCUT2D eigenvalue weighted by atomic mass is 10.1. The SMILES string of the molecule is Cc1cc(NC(=O)O)nc(C)c1CNC(=O)c1oc(Cc2ccc3ncc(Cl)cc3c2)nc1CF. The van der Waals surface area contributed by atoms with Crippen LogP contribution in [-0.2, 0) is 19.6 Å². The van der Waals surface area contributed by atoms with E-state index in [1.54, 1.807) is 32.2 Å². The average molecular weight is 498 g/mol. The molecule has 0 saturated heterocycles. The summed E-state index contributed by atoms with van der Waals surface area (Å²) < 4.78 is 19.2. The van der Waals surface area contributed by atoms with Crippen molar-refractivity contribution in [3.8, 4) is 0 Å². The number of rotatable bonds is 7. The van der Waals surface area contributed by atoms with Gasteiger partial charge in [0, 0.05) is 30.2 Å². The van der Waals surface area contributed by atoms with E-state index in [0.29, 0.717) is 16.3 Å². The highest BCUT2D eigenvalue weighted by Crippen LogP contribution is 2.22. The number of carbonyl (C=O) groups excluding carboxylic acids is 1. The molecule has 0 atom stereocenters. The molecule has 3 heterocycles. The molecule has 0 aliphatic carbocycles. The maximum Gasteiger partial charge on any atom is 0.410 e. The van der Waals surface area contributed by atoms with Gasteiger partial charge in [-0.05, 0) is 54.8 Å². The highest BCUT2D eigenvalue weighted by molar-refractivity contribution is 6.31. The van der Waals surface area contributed by atoms with Crippen molar-refractivity contribution in [2.45, 2.75) is 33.5 Å². The first kappa shape index (κ1) is 24.1. The molecular weight excluding hydrogens is 477 g/mol. The number of carbonyl (C=O) groups is 2. The maximum absolute atomic E-state index is 13.6. The van der Waals surface area contributed by atoms with Crippen LogP contribution in [0, 0.1) is 13.8 Å². The molecule has 0 spiro atoms. The number of alkyl halides is 1. The Labute approximate surface area is 204 Å². The number of anilines is 1. The van der Waals surface area contributed by atoms with Gasteiger partial charge in [-0.25, -0.2) is 19.2 Å². The van der Waals surface area contributed by atoms with E-state index in [1.165, 1.54) is 0 Å². The fourth-order valence-corrected chi connectivity index (χ4v) is 3.90. The van der Waals surface area contributed by atoms with Crippen LogP contribution in [0.1, 0.15) is 44.5 Å². The summed E-state index contributed by atoms with van der Waals surface area (Å²) in [6.45, 7) is 2.61. The van der Waals surface area contributed by atoms with Crippen LogP contribution >= 0.6 is 11.6 Å². The monoisotopic (exact) mass is 497 g/mol. The van der Waals surface area contributed by atoms with Crippen molar-refractivity contribution in [2.24, 2.45) is 0 Å². The maximum atomic E-state index is 13.6. The molecule has 0 unspecified atom stereocenters. The van der Waals surface area contributed by atoms with E-state index in [2.05, 4.69) is 25.6 Å². The van der Waals surface area contributed by atoms with Gasteiger partial charge in [0.2, 0.25) is 5.76 Å². The van der Waals surface area contributed by atoms with Gasteiger partial charge >= 0.3 is 6.09 Å². The normalized spacial score (nSPS) is 11.0. The van der Waals surface area contributed by atoms with Gasteiger partial charge in [-0.2, -0.15) is 0 Å². The van der Waals surface area contributed by atoms with Crippen molar-refractivity contribution < 1.29 is 23.5 Å². The largest absolute Gasteiger partial charge is 0.465 e. The molecule has 4 rings (SSSR count). The van der Waals surface area contributed by atoms with Crippen LogP contribution in [0.4, 0.5) is 15.0 Å².